The molecule has 0 bridgehead atoms. The van der Waals surface area contributed by atoms with Crippen molar-refractivity contribution in [3.63, 3.8) is 0 Å². The third-order valence-electron chi connectivity index (χ3n) is 9.84. The number of hydrogen-bond donors (Lipinski definition) is 0. The third-order valence-corrected chi connectivity index (χ3v) is 9.84. The summed E-state index contributed by atoms with van der Waals surface area (Å²) < 4.78 is 54.4. The van der Waals surface area contributed by atoms with Crippen molar-refractivity contribution in [1.29, 1.82) is 10.5 Å². The van der Waals surface area contributed by atoms with Crippen LogP contribution in [0.25, 0.3) is 22.3 Å². The number of nitriles is 2. The number of benzene rings is 6. The van der Waals surface area contributed by atoms with Gasteiger partial charge in [-0.1, -0.05) is 74.6 Å². The van der Waals surface area contributed by atoms with Crippen molar-refractivity contribution in [2.24, 2.45) is 0 Å². The van der Waals surface area contributed by atoms with Gasteiger partial charge < -0.3 is 9.47 Å². The molecule has 0 spiro atoms. The molecule has 6 nitrogen and oxygen atoms in total. The maximum atomic E-state index is 14.8. The predicted octanol–water partition coefficient (Wildman–Crippen LogP) is 12.1. The highest BCUT2D eigenvalue weighted by atomic mass is 19.1. The molecule has 0 fully saturated rings. The van der Waals surface area contributed by atoms with E-state index in [2.05, 4.69) is 0 Å². The van der Waals surface area contributed by atoms with E-state index in [-0.39, 0.29) is 28.2 Å². The van der Waals surface area contributed by atoms with Gasteiger partial charge in [-0.3, -0.25) is 0 Å². The molecule has 0 heterocycles. The number of halogens is 3. The largest absolute Gasteiger partial charge is 0.423 e. The Morgan fingerprint density at radius 2 is 0.914 bits per heavy atom. The van der Waals surface area contributed by atoms with E-state index in [0.29, 0.717) is 27.8 Å². The Hall–Kier alpha value is -6.97. The maximum Gasteiger partial charge on any atom is 0.343 e. The van der Waals surface area contributed by atoms with E-state index in [1.807, 2.05) is 30.3 Å². The Kier molecular flexibility index (Phi) is 13.9. The van der Waals surface area contributed by atoms with E-state index in [0.717, 1.165) is 81.0 Å². The minimum Gasteiger partial charge on any atom is -0.423 e. The molecule has 0 aliphatic carbocycles. The Bertz CT molecular complexity index is 2470. The van der Waals surface area contributed by atoms with Gasteiger partial charge in [0.05, 0.1) is 28.3 Å². The second-order valence-electron chi connectivity index (χ2n) is 13.9. The molecule has 0 radical (unpaired) electrons. The van der Waals surface area contributed by atoms with Crippen LogP contribution in [-0.4, -0.2) is 11.9 Å². The van der Waals surface area contributed by atoms with Crippen LogP contribution in [0.15, 0.2) is 127 Å². The first-order valence-electron chi connectivity index (χ1n) is 19.1. The second kappa shape index (κ2) is 19.8. The molecular weight excluding hydrogens is 738 g/mol. The summed E-state index contributed by atoms with van der Waals surface area (Å²) in [5.41, 5.74) is 4.71. The van der Waals surface area contributed by atoms with Crippen LogP contribution in [-0.2, 0) is 12.8 Å². The van der Waals surface area contributed by atoms with Crippen LogP contribution in [0.3, 0.4) is 0 Å². The van der Waals surface area contributed by atoms with E-state index in [1.54, 1.807) is 66.7 Å². The quantitative estimate of drug-likeness (QED) is 0.0551. The fourth-order valence-electron chi connectivity index (χ4n) is 6.57. The summed E-state index contributed by atoms with van der Waals surface area (Å²) in [4.78, 5) is 25.4. The van der Waals surface area contributed by atoms with Gasteiger partial charge in [-0.05, 0) is 121 Å². The summed E-state index contributed by atoms with van der Waals surface area (Å²) in [6.07, 6.45) is 9.52. The number of aryl methyl sites for hydroxylation is 2. The zero-order valence-corrected chi connectivity index (χ0v) is 31.6. The molecule has 290 valence electrons. The second-order valence-corrected chi connectivity index (χ2v) is 13.9. The van der Waals surface area contributed by atoms with Gasteiger partial charge in [-0.25, -0.2) is 22.8 Å². The average Bonchev–Trinajstić information content (AvgIpc) is 3.23. The van der Waals surface area contributed by atoms with Crippen LogP contribution in [0, 0.1) is 40.1 Å². The van der Waals surface area contributed by atoms with Crippen molar-refractivity contribution in [3.8, 4) is 45.9 Å². The summed E-state index contributed by atoms with van der Waals surface area (Å²) in [6.45, 7) is 0. The van der Waals surface area contributed by atoms with Gasteiger partial charge in [-0.15, -0.1) is 0 Å². The monoisotopic (exact) mass is 776 g/mol. The normalized spacial score (nSPS) is 10.7. The number of rotatable bonds is 16. The van der Waals surface area contributed by atoms with Crippen LogP contribution >= 0.6 is 0 Å². The molecule has 6 aromatic carbocycles. The van der Waals surface area contributed by atoms with Crippen molar-refractivity contribution in [2.45, 2.75) is 57.8 Å². The number of carbonyl (C=O) groups excluding carboxylic acids is 2. The van der Waals surface area contributed by atoms with E-state index in [4.69, 9.17) is 20.0 Å². The molecule has 0 N–H and O–H groups in total. The Balaban J connectivity index is 0.838. The number of unbranched alkanes of at least 4 members (excludes halogenated alkanes) is 6. The lowest BCUT2D eigenvalue weighted by molar-refractivity contribution is 0.0724. The molecule has 0 amide bonds. The number of nitrogens with zero attached hydrogens (tertiary/aromatic N) is 2. The molecule has 0 aromatic heterocycles. The first-order chi connectivity index (χ1) is 28.2. The van der Waals surface area contributed by atoms with Crippen molar-refractivity contribution in [2.75, 3.05) is 0 Å². The molecular formula is C49H39F3N2O4. The summed E-state index contributed by atoms with van der Waals surface area (Å²) in [5.74, 6) is -2.98. The number of ether oxygens (including phenoxy) is 2. The fourth-order valence-corrected chi connectivity index (χ4v) is 6.57. The van der Waals surface area contributed by atoms with Crippen molar-refractivity contribution >= 4 is 11.9 Å². The average molecular weight is 777 g/mol. The smallest absolute Gasteiger partial charge is 0.343 e. The highest BCUT2D eigenvalue weighted by molar-refractivity contribution is 5.91. The fraction of sp³-hybridized carbons (Fsp3) is 0.184. The third kappa shape index (κ3) is 10.9. The van der Waals surface area contributed by atoms with Gasteiger partial charge in [0.15, 0.2) is 0 Å². The summed E-state index contributed by atoms with van der Waals surface area (Å²) in [7, 11) is 0. The molecule has 58 heavy (non-hydrogen) atoms. The van der Waals surface area contributed by atoms with E-state index in [1.165, 1.54) is 30.3 Å². The molecule has 0 atom stereocenters. The van der Waals surface area contributed by atoms with Crippen molar-refractivity contribution in [3.05, 3.63) is 178 Å². The van der Waals surface area contributed by atoms with Gasteiger partial charge in [0.1, 0.15) is 35.0 Å². The minimum absolute atomic E-state index is 0.0280. The molecule has 0 saturated carbocycles. The molecule has 6 aromatic rings. The first kappa shape index (κ1) is 40.7. The lowest BCUT2D eigenvalue weighted by Gasteiger charge is -2.09. The standard InChI is InChI=1S/C49H39F3N2O4/c50-45-28-39(22-23-40(45)32-54)44-27-25-42(30-47(44)52)58-49(56)38-20-12-34(13-21-38)9-7-5-3-1-2-4-6-8-33-10-18-37(19-11-33)48(55)57-41-24-26-43(46(51)29-41)36-16-14-35(31-53)15-17-36/h10-30H,1-9H2. The molecule has 6 rings (SSSR count). The minimum atomic E-state index is -0.740. The summed E-state index contributed by atoms with van der Waals surface area (Å²) in [5, 5.41) is 17.9. The molecule has 0 aliphatic heterocycles. The van der Waals surface area contributed by atoms with Gasteiger partial charge in [0.25, 0.3) is 0 Å². The van der Waals surface area contributed by atoms with Crippen LogP contribution in [0.2, 0.25) is 0 Å². The summed E-state index contributed by atoms with van der Waals surface area (Å²) >= 11 is 0. The van der Waals surface area contributed by atoms with E-state index < -0.39 is 29.4 Å². The van der Waals surface area contributed by atoms with Crippen LogP contribution in [0.1, 0.15) is 87.9 Å². The van der Waals surface area contributed by atoms with Gasteiger partial charge >= 0.3 is 11.9 Å². The number of esters is 2. The van der Waals surface area contributed by atoms with Gasteiger partial charge in [0, 0.05) is 23.3 Å². The predicted molar refractivity (Wildman–Crippen MR) is 216 cm³/mol. The van der Waals surface area contributed by atoms with Gasteiger partial charge in [0.2, 0.25) is 0 Å². The molecule has 9 heteroatoms. The zero-order chi connectivity index (χ0) is 40.9. The lowest BCUT2D eigenvalue weighted by atomic mass is 10.0. The van der Waals surface area contributed by atoms with Crippen LogP contribution < -0.4 is 9.47 Å². The summed E-state index contributed by atoms with van der Waals surface area (Å²) in [6, 6.07) is 36.9. The molecule has 0 unspecified atom stereocenters. The van der Waals surface area contributed by atoms with Crippen molar-refractivity contribution in [1.82, 2.24) is 0 Å². The highest BCUT2D eigenvalue weighted by Crippen LogP contribution is 2.29. The first-order valence-corrected chi connectivity index (χ1v) is 19.1. The highest BCUT2D eigenvalue weighted by Gasteiger charge is 2.15. The Morgan fingerprint density at radius 1 is 0.466 bits per heavy atom. The molecule has 0 aliphatic rings. The SMILES string of the molecule is N#Cc1ccc(-c2ccc(OC(=O)c3ccc(CCCCCCCCCc4ccc(C(=O)Oc5ccc(-c6ccc(C#N)c(F)c6)c(F)c5)cc4)cc3)cc2F)cc1. The Morgan fingerprint density at radius 3 is 1.34 bits per heavy atom. The molecule has 0 saturated heterocycles. The van der Waals surface area contributed by atoms with E-state index >= 15 is 0 Å². The lowest BCUT2D eigenvalue weighted by Crippen LogP contribution is -2.08. The zero-order valence-electron chi connectivity index (χ0n) is 31.6. The van der Waals surface area contributed by atoms with Gasteiger partial charge in [-0.2, -0.15) is 10.5 Å². The van der Waals surface area contributed by atoms with Crippen LogP contribution in [0.5, 0.6) is 11.5 Å². The van der Waals surface area contributed by atoms with E-state index in [9.17, 15) is 22.8 Å². The van der Waals surface area contributed by atoms with Crippen LogP contribution in [0.4, 0.5) is 13.2 Å². The number of hydrogen-bond acceptors (Lipinski definition) is 6. The Labute approximate surface area is 335 Å². The topological polar surface area (TPSA) is 100 Å². The van der Waals surface area contributed by atoms with Crippen molar-refractivity contribution < 1.29 is 32.2 Å². The maximum absolute atomic E-state index is 14.8. The number of carbonyl (C=O) groups is 2.